The van der Waals surface area contributed by atoms with Crippen LogP contribution in [0.25, 0.3) is 0 Å². The van der Waals surface area contributed by atoms with Crippen molar-refractivity contribution in [3.63, 3.8) is 0 Å². The highest BCUT2D eigenvalue weighted by atomic mass is 19.4. The highest BCUT2D eigenvalue weighted by Gasteiger charge is 2.73. The van der Waals surface area contributed by atoms with E-state index in [-0.39, 0.29) is 16.8 Å². The molecule has 0 radical (unpaired) electrons. The van der Waals surface area contributed by atoms with Gasteiger partial charge in [0.1, 0.15) is 0 Å². The monoisotopic (exact) mass is 546 g/mol. The molecule has 12 heteroatoms. The van der Waals surface area contributed by atoms with E-state index in [0.29, 0.717) is 39.6 Å². The highest BCUT2D eigenvalue weighted by molar-refractivity contribution is 6.34. The number of imide groups is 2. The van der Waals surface area contributed by atoms with Gasteiger partial charge < -0.3 is 0 Å². The lowest BCUT2D eigenvalue weighted by molar-refractivity contribution is -0.288. The van der Waals surface area contributed by atoms with E-state index in [0.717, 1.165) is 19.2 Å². The Hall–Kier alpha value is -4.48. The zero-order valence-electron chi connectivity index (χ0n) is 20.1. The number of amides is 4. The van der Waals surface area contributed by atoms with Crippen molar-refractivity contribution in [2.45, 2.75) is 24.7 Å². The third kappa shape index (κ3) is 3.50. The van der Waals surface area contributed by atoms with E-state index in [1.165, 1.54) is 18.2 Å². The van der Waals surface area contributed by atoms with Crippen LogP contribution in [-0.2, 0) is 5.41 Å². The molecular formula is C27H16F6N2O4. The van der Waals surface area contributed by atoms with Crippen molar-refractivity contribution in [1.82, 2.24) is 4.90 Å². The molecule has 3 aromatic rings. The van der Waals surface area contributed by atoms with Gasteiger partial charge in [0.15, 0.2) is 0 Å². The van der Waals surface area contributed by atoms with Gasteiger partial charge in [0, 0.05) is 7.05 Å². The van der Waals surface area contributed by atoms with Crippen molar-refractivity contribution in [3.05, 3.63) is 99.6 Å². The fourth-order valence-electron chi connectivity index (χ4n) is 5.05. The lowest BCUT2D eigenvalue weighted by atomic mass is 9.71. The smallest absolute Gasteiger partial charge is 0.277 e. The summed E-state index contributed by atoms with van der Waals surface area (Å²) in [6.45, 7) is 1.67. The summed E-state index contributed by atoms with van der Waals surface area (Å²) in [7, 11) is 1.05. The van der Waals surface area contributed by atoms with Crippen molar-refractivity contribution in [2.75, 3.05) is 11.9 Å². The number of hydrogen-bond acceptors (Lipinski definition) is 4. The van der Waals surface area contributed by atoms with Gasteiger partial charge in [0.25, 0.3) is 23.6 Å². The van der Waals surface area contributed by atoms with Crippen LogP contribution in [0, 0.1) is 6.92 Å². The number of nitrogens with zero attached hydrogens (tertiary/aromatic N) is 2. The molecule has 0 unspecified atom stereocenters. The fraction of sp³-hybridized carbons (Fsp3) is 0.185. The summed E-state index contributed by atoms with van der Waals surface area (Å²) in [5, 5.41) is 0. The molecule has 0 bridgehead atoms. The van der Waals surface area contributed by atoms with Crippen molar-refractivity contribution in [3.8, 4) is 0 Å². The molecule has 0 aliphatic carbocycles. The lowest BCUT2D eigenvalue weighted by Crippen LogP contribution is -2.55. The minimum Gasteiger partial charge on any atom is -0.277 e. The summed E-state index contributed by atoms with van der Waals surface area (Å²) in [6.07, 6.45) is -12.0. The Bertz CT molecular complexity index is 1590. The highest BCUT2D eigenvalue weighted by Crippen LogP contribution is 2.57. The van der Waals surface area contributed by atoms with Gasteiger partial charge in [-0.1, -0.05) is 24.3 Å². The molecular weight excluding hydrogens is 530 g/mol. The molecule has 6 nitrogen and oxygen atoms in total. The molecule has 0 saturated heterocycles. The van der Waals surface area contributed by atoms with Gasteiger partial charge in [-0.15, -0.1) is 0 Å². The first-order chi connectivity index (χ1) is 18.1. The molecule has 3 aromatic carbocycles. The van der Waals surface area contributed by atoms with Gasteiger partial charge in [0.05, 0.1) is 27.9 Å². The van der Waals surface area contributed by atoms with Crippen LogP contribution in [0.4, 0.5) is 32.0 Å². The molecule has 0 saturated carbocycles. The Morgan fingerprint density at radius 3 is 1.56 bits per heavy atom. The summed E-state index contributed by atoms with van der Waals surface area (Å²) < 4.78 is 88.3. The van der Waals surface area contributed by atoms with Gasteiger partial charge in [0.2, 0.25) is 5.41 Å². The zero-order valence-corrected chi connectivity index (χ0v) is 20.1. The molecule has 0 aromatic heterocycles. The number of anilines is 1. The van der Waals surface area contributed by atoms with Crippen molar-refractivity contribution in [1.29, 1.82) is 0 Å². The van der Waals surface area contributed by atoms with E-state index in [2.05, 4.69) is 0 Å². The zero-order chi connectivity index (χ0) is 28.7. The molecule has 0 spiro atoms. The second kappa shape index (κ2) is 8.26. The second-order valence-electron chi connectivity index (χ2n) is 9.22. The maximum Gasteiger partial charge on any atom is 0.411 e. The molecule has 0 atom stereocenters. The van der Waals surface area contributed by atoms with Crippen LogP contribution in [0.1, 0.15) is 58.1 Å². The summed E-state index contributed by atoms with van der Waals surface area (Å²) in [4.78, 5) is 52.0. The van der Waals surface area contributed by atoms with Crippen LogP contribution in [0.15, 0.2) is 60.7 Å². The average molecular weight is 546 g/mol. The van der Waals surface area contributed by atoms with Crippen molar-refractivity contribution >= 4 is 29.3 Å². The maximum atomic E-state index is 14.7. The number of benzene rings is 3. The Morgan fingerprint density at radius 2 is 1.05 bits per heavy atom. The average Bonchev–Trinajstić information content (AvgIpc) is 3.22. The standard InChI is InChI=1S/C27H16F6N2O4/c1-13-4-3-5-16(10-13)35-23(38)18-9-7-15(12-20(18)24(35)39)25(26(28,29)30,27(31,32)33)14-6-8-17-19(11-14)22(37)34(2)21(17)36/h3-12H,1-2H3. The molecule has 2 aliphatic heterocycles. The first kappa shape index (κ1) is 26.1. The molecule has 2 heterocycles. The van der Waals surface area contributed by atoms with Crippen LogP contribution < -0.4 is 4.90 Å². The fourth-order valence-corrected chi connectivity index (χ4v) is 5.05. The number of aryl methyl sites for hydroxylation is 1. The third-order valence-electron chi connectivity index (χ3n) is 6.95. The SMILES string of the molecule is Cc1cccc(N2C(=O)c3ccc(C(c4ccc5c(c4)C(=O)N(C)C5=O)(C(F)(F)F)C(F)(F)F)cc3C2=O)c1. The number of fused-ring (bicyclic) bond motifs is 2. The summed E-state index contributed by atoms with van der Waals surface area (Å²) >= 11 is 0. The van der Waals surface area contributed by atoms with E-state index in [9.17, 15) is 45.5 Å². The van der Waals surface area contributed by atoms with Gasteiger partial charge in [-0.3, -0.25) is 24.1 Å². The topological polar surface area (TPSA) is 74.8 Å². The quantitative estimate of drug-likeness (QED) is 0.324. The largest absolute Gasteiger partial charge is 0.411 e. The van der Waals surface area contributed by atoms with Crippen molar-refractivity contribution < 1.29 is 45.5 Å². The number of rotatable bonds is 3. The van der Waals surface area contributed by atoms with Gasteiger partial charge in [-0.2, -0.15) is 26.3 Å². The second-order valence-corrected chi connectivity index (χ2v) is 9.22. The molecule has 39 heavy (non-hydrogen) atoms. The van der Waals surface area contributed by atoms with Gasteiger partial charge >= 0.3 is 12.4 Å². The van der Waals surface area contributed by atoms with Crippen LogP contribution in [0.3, 0.4) is 0 Å². The normalized spacial score (nSPS) is 15.8. The van der Waals surface area contributed by atoms with E-state index >= 15 is 0 Å². The Balaban J connectivity index is 1.74. The molecule has 2 aliphatic rings. The van der Waals surface area contributed by atoms with Crippen LogP contribution in [0.2, 0.25) is 0 Å². The van der Waals surface area contributed by atoms with Gasteiger partial charge in [-0.05, 0) is 60.0 Å². The molecule has 0 fully saturated rings. The molecule has 0 N–H and O–H groups in total. The Morgan fingerprint density at radius 1 is 0.590 bits per heavy atom. The maximum absolute atomic E-state index is 14.7. The van der Waals surface area contributed by atoms with Gasteiger partial charge in [-0.25, -0.2) is 4.90 Å². The summed E-state index contributed by atoms with van der Waals surface area (Å²) in [5.74, 6) is -3.92. The van der Waals surface area contributed by atoms with Crippen LogP contribution in [-0.4, -0.2) is 47.9 Å². The predicted octanol–water partition coefficient (Wildman–Crippen LogP) is 5.43. The van der Waals surface area contributed by atoms with Crippen LogP contribution in [0.5, 0.6) is 0 Å². The molecule has 4 amide bonds. The van der Waals surface area contributed by atoms with E-state index in [1.807, 2.05) is 0 Å². The number of hydrogen-bond donors (Lipinski definition) is 0. The number of alkyl halides is 6. The summed E-state index contributed by atoms with van der Waals surface area (Å²) in [5.41, 5.74) is -8.63. The van der Waals surface area contributed by atoms with E-state index in [4.69, 9.17) is 0 Å². The lowest BCUT2D eigenvalue weighted by Gasteiger charge is -2.38. The summed E-state index contributed by atoms with van der Waals surface area (Å²) in [6, 6.07) is 9.38. The minimum absolute atomic E-state index is 0.103. The van der Waals surface area contributed by atoms with Crippen LogP contribution >= 0.6 is 0 Å². The predicted molar refractivity (Wildman–Crippen MR) is 125 cm³/mol. The number of carbonyl (C=O) groups is 4. The third-order valence-corrected chi connectivity index (χ3v) is 6.95. The Labute approximate surface area is 216 Å². The molecule has 5 rings (SSSR count). The Kier molecular flexibility index (Phi) is 5.53. The molecule has 200 valence electrons. The number of carbonyl (C=O) groups excluding carboxylic acids is 4. The first-order valence-electron chi connectivity index (χ1n) is 11.3. The van der Waals surface area contributed by atoms with Crippen molar-refractivity contribution in [2.24, 2.45) is 0 Å². The van der Waals surface area contributed by atoms with E-state index < -0.39 is 63.7 Å². The van der Waals surface area contributed by atoms with E-state index in [1.54, 1.807) is 13.0 Å². The number of halogens is 6. The first-order valence-corrected chi connectivity index (χ1v) is 11.3. The minimum atomic E-state index is -6.02.